The molecule has 3 nitrogen and oxygen atoms in total. The van der Waals surface area contributed by atoms with Crippen molar-refractivity contribution in [1.82, 2.24) is 4.57 Å². The molecule has 3 rings (SSSR count). The number of carbonyl (C=O) groups excluding carboxylic acids is 1. The molecule has 25 heavy (non-hydrogen) atoms. The van der Waals surface area contributed by atoms with Crippen LogP contribution in [-0.4, -0.2) is 10.5 Å². The van der Waals surface area contributed by atoms with Gasteiger partial charge in [-0.15, -0.1) is 6.42 Å². The smallest absolute Gasteiger partial charge is 0.281 e. The van der Waals surface area contributed by atoms with E-state index in [-0.39, 0.29) is 17.1 Å². The fourth-order valence-corrected chi connectivity index (χ4v) is 4.12. The van der Waals surface area contributed by atoms with Gasteiger partial charge in [-0.3, -0.25) is 4.79 Å². The molecule has 0 unspecified atom stereocenters. The van der Waals surface area contributed by atoms with Crippen molar-refractivity contribution in [3.05, 3.63) is 60.8 Å². The summed E-state index contributed by atoms with van der Waals surface area (Å²) in [5, 5.41) is 1.42. The Morgan fingerprint density at radius 3 is 2.60 bits per heavy atom. The van der Waals surface area contributed by atoms with Crippen LogP contribution in [0, 0.1) is 12.3 Å². The van der Waals surface area contributed by atoms with Crippen molar-refractivity contribution < 1.29 is 4.79 Å². The van der Waals surface area contributed by atoms with Gasteiger partial charge in [0.2, 0.25) is 0 Å². The molecule has 1 amide bonds. The highest BCUT2D eigenvalue weighted by atomic mass is 35.5. The number of rotatable bonds is 2. The third-order valence-electron chi connectivity index (χ3n) is 3.34. The highest BCUT2D eigenvalue weighted by molar-refractivity contribution is 7.16. The van der Waals surface area contributed by atoms with E-state index in [0.29, 0.717) is 25.4 Å². The summed E-state index contributed by atoms with van der Waals surface area (Å²) in [5.41, 5.74) is 0.851. The second kappa shape index (κ2) is 7.41. The molecule has 0 aliphatic heterocycles. The number of hydrogen-bond acceptors (Lipinski definition) is 2. The molecule has 0 saturated carbocycles. The Labute approximate surface area is 167 Å². The van der Waals surface area contributed by atoms with E-state index in [9.17, 15) is 4.79 Å². The first-order chi connectivity index (χ1) is 11.9. The lowest BCUT2D eigenvalue weighted by molar-refractivity contribution is 0.0998. The normalized spacial score (nSPS) is 11.7. The number of amides is 1. The maximum Gasteiger partial charge on any atom is 0.281 e. The molecule has 3 aromatic rings. The maximum atomic E-state index is 12.5. The third-order valence-corrected chi connectivity index (χ3v) is 5.74. The number of halogens is 4. The van der Waals surface area contributed by atoms with Crippen LogP contribution >= 0.6 is 57.7 Å². The number of carbonyl (C=O) groups is 1. The van der Waals surface area contributed by atoms with Crippen LogP contribution in [-0.2, 0) is 6.54 Å². The van der Waals surface area contributed by atoms with Crippen molar-refractivity contribution in [2.45, 2.75) is 6.54 Å². The zero-order valence-electron chi connectivity index (χ0n) is 12.4. The van der Waals surface area contributed by atoms with Crippen molar-refractivity contribution in [2.75, 3.05) is 0 Å². The molecule has 1 heterocycles. The van der Waals surface area contributed by atoms with Crippen LogP contribution in [0.15, 0.2) is 35.3 Å². The number of aromatic nitrogens is 1. The Kier molecular flexibility index (Phi) is 5.43. The predicted molar refractivity (Wildman–Crippen MR) is 105 cm³/mol. The van der Waals surface area contributed by atoms with Gasteiger partial charge in [0.05, 0.1) is 37.4 Å². The lowest BCUT2D eigenvalue weighted by Gasteiger charge is -2.03. The second-order valence-corrected chi connectivity index (χ2v) is 7.56. The van der Waals surface area contributed by atoms with E-state index in [1.807, 2.05) is 0 Å². The van der Waals surface area contributed by atoms with Crippen LogP contribution in [0.5, 0.6) is 0 Å². The molecule has 0 fully saturated rings. The molecule has 126 valence electrons. The van der Waals surface area contributed by atoms with Gasteiger partial charge in [-0.2, -0.15) is 4.99 Å². The summed E-state index contributed by atoms with van der Waals surface area (Å²) in [6, 6.07) is 8.10. The quantitative estimate of drug-likeness (QED) is 0.481. The van der Waals surface area contributed by atoms with Gasteiger partial charge < -0.3 is 4.57 Å². The zero-order valence-corrected chi connectivity index (χ0v) is 16.2. The minimum Gasteiger partial charge on any atom is -0.303 e. The Balaban J connectivity index is 2.24. The number of hydrogen-bond donors (Lipinski definition) is 0. The Morgan fingerprint density at radius 2 is 1.88 bits per heavy atom. The molecule has 1 aromatic heterocycles. The van der Waals surface area contributed by atoms with E-state index in [4.69, 9.17) is 52.8 Å². The molecule has 0 atom stereocenters. The molecule has 0 radical (unpaired) electrons. The van der Waals surface area contributed by atoms with Crippen LogP contribution in [0.3, 0.4) is 0 Å². The van der Waals surface area contributed by atoms with Crippen molar-refractivity contribution in [3.63, 3.8) is 0 Å². The summed E-state index contributed by atoms with van der Waals surface area (Å²) in [6.07, 6.45) is 5.45. The standard InChI is InChI=1S/C17H8Cl4N2OS/c1-2-7-23-15-13(6-5-12(20)14(15)21)25-17(23)22-16(24)10-8-9(18)3-4-11(10)19/h1,3-6,8H,7H2. The topological polar surface area (TPSA) is 34.4 Å². The number of fused-ring (bicyclic) bond motifs is 1. The minimum absolute atomic E-state index is 0.190. The molecule has 0 bridgehead atoms. The van der Waals surface area contributed by atoms with Crippen LogP contribution in [0.4, 0.5) is 0 Å². The van der Waals surface area contributed by atoms with E-state index in [1.54, 1.807) is 28.8 Å². The highest BCUT2D eigenvalue weighted by Gasteiger charge is 2.15. The summed E-state index contributed by atoms with van der Waals surface area (Å²) in [7, 11) is 0. The van der Waals surface area contributed by atoms with Gasteiger partial charge in [-0.1, -0.05) is 63.7 Å². The van der Waals surface area contributed by atoms with Crippen LogP contribution in [0.25, 0.3) is 10.2 Å². The fourth-order valence-electron chi connectivity index (χ4n) is 2.23. The Hall–Kier alpha value is -1.48. The van der Waals surface area contributed by atoms with Gasteiger partial charge in [-0.05, 0) is 30.3 Å². The molecular weight excluding hydrogens is 422 g/mol. The first-order valence-corrected chi connectivity index (χ1v) is 9.20. The summed E-state index contributed by atoms with van der Waals surface area (Å²) < 4.78 is 2.48. The Morgan fingerprint density at radius 1 is 1.16 bits per heavy atom. The minimum atomic E-state index is -0.521. The average molecular weight is 430 g/mol. The number of thiazole rings is 1. The summed E-state index contributed by atoms with van der Waals surface area (Å²) in [6.45, 7) is 0.190. The van der Waals surface area contributed by atoms with E-state index in [1.165, 1.54) is 17.4 Å². The Bertz CT molecular complexity index is 1110. The molecule has 0 saturated heterocycles. The fraction of sp³-hybridized carbons (Fsp3) is 0.0588. The van der Waals surface area contributed by atoms with Gasteiger partial charge in [-0.25, -0.2) is 0 Å². The predicted octanol–water partition coefficient (Wildman–Crippen LogP) is 5.69. The average Bonchev–Trinajstić information content (AvgIpc) is 2.92. The van der Waals surface area contributed by atoms with Crippen LogP contribution in [0.2, 0.25) is 20.1 Å². The molecule has 0 aliphatic carbocycles. The number of benzene rings is 2. The number of terminal acetylenes is 1. The van der Waals surface area contributed by atoms with E-state index < -0.39 is 5.91 Å². The van der Waals surface area contributed by atoms with Crippen molar-refractivity contribution >= 4 is 73.9 Å². The van der Waals surface area contributed by atoms with Gasteiger partial charge in [0, 0.05) is 5.02 Å². The lowest BCUT2D eigenvalue weighted by atomic mass is 10.2. The molecule has 0 aliphatic rings. The van der Waals surface area contributed by atoms with Crippen molar-refractivity contribution in [1.29, 1.82) is 0 Å². The molecule has 2 aromatic carbocycles. The molecule has 0 N–H and O–H groups in total. The van der Waals surface area contributed by atoms with Crippen molar-refractivity contribution in [2.24, 2.45) is 4.99 Å². The summed E-state index contributed by atoms with van der Waals surface area (Å²) in [4.78, 5) is 17.1. The third kappa shape index (κ3) is 3.57. The molecule has 8 heteroatoms. The van der Waals surface area contributed by atoms with Gasteiger partial charge in [0.25, 0.3) is 5.91 Å². The molecular formula is C17H8Cl4N2OS. The van der Waals surface area contributed by atoms with E-state index in [0.717, 1.165) is 4.70 Å². The summed E-state index contributed by atoms with van der Waals surface area (Å²) in [5.74, 6) is 2.01. The van der Waals surface area contributed by atoms with Crippen molar-refractivity contribution in [3.8, 4) is 12.3 Å². The lowest BCUT2D eigenvalue weighted by Crippen LogP contribution is -2.16. The van der Waals surface area contributed by atoms with Gasteiger partial charge >= 0.3 is 0 Å². The first kappa shape index (κ1) is 18.3. The van der Waals surface area contributed by atoms with Gasteiger partial charge in [0.15, 0.2) is 4.80 Å². The monoisotopic (exact) mass is 428 g/mol. The van der Waals surface area contributed by atoms with E-state index >= 15 is 0 Å². The maximum absolute atomic E-state index is 12.5. The number of nitrogens with zero attached hydrogens (tertiary/aromatic N) is 2. The van der Waals surface area contributed by atoms with Crippen LogP contribution < -0.4 is 4.80 Å². The zero-order chi connectivity index (χ0) is 18.1. The first-order valence-electron chi connectivity index (χ1n) is 6.87. The largest absolute Gasteiger partial charge is 0.303 e. The van der Waals surface area contributed by atoms with E-state index in [2.05, 4.69) is 10.9 Å². The van der Waals surface area contributed by atoms with Crippen LogP contribution in [0.1, 0.15) is 10.4 Å². The highest BCUT2D eigenvalue weighted by Crippen LogP contribution is 2.32. The molecule has 0 spiro atoms. The SMILES string of the molecule is C#CCn1c(=NC(=O)c2cc(Cl)ccc2Cl)sc2ccc(Cl)c(Cl)c21. The van der Waals surface area contributed by atoms with Gasteiger partial charge in [0.1, 0.15) is 0 Å². The summed E-state index contributed by atoms with van der Waals surface area (Å²) >= 11 is 25.7. The second-order valence-electron chi connectivity index (χ2n) is 4.92.